The Kier molecular flexibility index (Phi) is 7.43. The molecule has 0 unspecified atom stereocenters. The van der Waals surface area contributed by atoms with Crippen LogP contribution < -0.4 is 4.74 Å². The summed E-state index contributed by atoms with van der Waals surface area (Å²) >= 11 is 0. The Morgan fingerprint density at radius 1 is 1.17 bits per heavy atom. The van der Waals surface area contributed by atoms with E-state index in [1.165, 1.54) is 0 Å². The van der Waals surface area contributed by atoms with Crippen molar-refractivity contribution < 1.29 is 22.6 Å². The fourth-order valence-electron chi connectivity index (χ4n) is 3.95. The van der Waals surface area contributed by atoms with Crippen molar-refractivity contribution in [1.82, 2.24) is 29.7 Å². The van der Waals surface area contributed by atoms with Crippen molar-refractivity contribution >= 4 is 9.84 Å². The molecule has 4 rings (SSSR count). The number of hydrogen-bond acceptors (Lipinski definition) is 10. The number of rotatable bonds is 9. The van der Waals surface area contributed by atoms with Gasteiger partial charge in [-0.2, -0.15) is 0 Å². The van der Waals surface area contributed by atoms with Crippen molar-refractivity contribution in [1.29, 1.82) is 0 Å². The van der Waals surface area contributed by atoms with E-state index in [1.54, 1.807) is 43.3 Å². The van der Waals surface area contributed by atoms with E-state index in [-0.39, 0.29) is 31.1 Å². The smallest absolute Gasteiger partial charge is 0.224 e. The molecule has 4 heterocycles. The van der Waals surface area contributed by atoms with Crippen molar-refractivity contribution in [3.63, 3.8) is 0 Å². The molecule has 0 aromatic carbocycles. The molecule has 0 saturated carbocycles. The van der Waals surface area contributed by atoms with E-state index >= 15 is 0 Å². The number of pyridine rings is 1. The van der Waals surface area contributed by atoms with E-state index in [4.69, 9.17) is 14.2 Å². The predicted molar refractivity (Wildman–Crippen MR) is 127 cm³/mol. The van der Waals surface area contributed by atoms with Gasteiger partial charge in [0.1, 0.15) is 24.3 Å². The van der Waals surface area contributed by atoms with Crippen LogP contribution in [0.1, 0.15) is 50.1 Å². The zero-order chi connectivity index (χ0) is 25.2. The van der Waals surface area contributed by atoms with Crippen LogP contribution in [-0.4, -0.2) is 69.8 Å². The second-order valence-corrected chi connectivity index (χ2v) is 11.2. The van der Waals surface area contributed by atoms with E-state index < -0.39 is 21.2 Å². The van der Waals surface area contributed by atoms with Crippen LogP contribution in [0.2, 0.25) is 0 Å². The minimum Gasteiger partial charge on any atom is -0.475 e. The predicted octanol–water partition coefficient (Wildman–Crippen LogP) is 2.49. The molecule has 0 aliphatic carbocycles. The third-order valence-corrected chi connectivity index (χ3v) is 7.75. The van der Waals surface area contributed by atoms with Crippen LogP contribution >= 0.6 is 0 Å². The first-order valence-electron chi connectivity index (χ1n) is 11.4. The highest BCUT2D eigenvalue weighted by Gasteiger charge is 2.37. The van der Waals surface area contributed by atoms with Gasteiger partial charge in [-0.25, -0.2) is 23.4 Å². The van der Waals surface area contributed by atoms with Crippen LogP contribution in [0.15, 0.2) is 30.7 Å². The lowest BCUT2D eigenvalue weighted by molar-refractivity contribution is 0.00140. The molecular weight excluding hydrogens is 472 g/mol. The summed E-state index contributed by atoms with van der Waals surface area (Å²) in [7, 11) is -2.20. The molecule has 188 valence electrons. The normalized spacial score (nSPS) is 17.3. The molecule has 0 amide bonds. The molecule has 11 nitrogen and oxygen atoms in total. The standard InChI is InChI=1S/C23H30N6O5S/c1-14(2)34-20(21-25-9-15(3)10-26-21)16(4)35(30,31)13-19-27-28-22-18-7-6-8-24-23(18)33-12-17(11-32-5)29(19)22/h6-10,14,16-17,20H,11-13H2,1-5H3/t16-,17+,20+/m0/s1. The summed E-state index contributed by atoms with van der Waals surface area (Å²) in [6.45, 7) is 7.70. The number of methoxy groups -OCH3 is 1. The van der Waals surface area contributed by atoms with Gasteiger partial charge in [-0.3, -0.25) is 0 Å². The van der Waals surface area contributed by atoms with Gasteiger partial charge in [0.05, 0.1) is 29.6 Å². The van der Waals surface area contributed by atoms with Crippen LogP contribution in [0, 0.1) is 6.92 Å². The molecule has 3 aromatic rings. The molecule has 0 radical (unpaired) electrons. The summed E-state index contributed by atoms with van der Waals surface area (Å²) in [5, 5.41) is 7.65. The van der Waals surface area contributed by atoms with Crippen molar-refractivity contribution in [2.24, 2.45) is 0 Å². The van der Waals surface area contributed by atoms with Gasteiger partial charge in [-0.1, -0.05) is 0 Å². The average Bonchev–Trinajstić information content (AvgIpc) is 3.15. The number of aromatic nitrogens is 6. The maximum absolute atomic E-state index is 13.7. The quantitative estimate of drug-likeness (QED) is 0.430. The van der Waals surface area contributed by atoms with E-state index in [0.717, 1.165) is 5.56 Å². The number of sulfone groups is 1. The molecule has 1 aliphatic rings. The van der Waals surface area contributed by atoms with Crippen molar-refractivity contribution in [2.75, 3.05) is 20.3 Å². The summed E-state index contributed by atoms with van der Waals surface area (Å²) in [6.07, 6.45) is 3.87. The highest BCUT2D eigenvalue weighted by atomic mass is 32.2. The van der Waals surface area contributed by atoms with Crippen molar-refractivity contribution in [3.8, 4) is 17.3 Å². The van der Waals surface area contributed by atoms with Crippen molar-refractivity contribution in [3.05, 3.63) is 47.9 Å². The van der Waals surface area contributed by atoms with Crippen LogP contribution in [0.3, 0.4) is 0 Å². The molecule has 0 fully saturated rings. The van der Waals surface area contributed by atoms with E-state index in [9.17, 15) is 8.42 Å². The monoisotopic (exact) mass is 502 g/mol. The fourth-order valence-corrected chi connectivity index (χ4v) is 5.34. The lowest BCUT2D eigenvalue weighted by atomic mass is 10.2. The number of fused-ring (bicyclic) bond motifs is 3. The molecule has 0 saturated heterocycles. The van der Waals surface area contributed by atoms with Gasteiger partial charge < -0.3 is 18.8 Å². The molecule has 0 N–H and O–H groups in total. The maximum atomic E-state index is 13.7. The van der Waals surface area contributed by atoms with Gasteiger partial charge in [0.2, 0.25) is 5.88 Å². The fraction of sp³-hybridized carbons (Fsp3) is 0.522. The van der Waals surface area contributed by atoms with Crippen LogP contribution in [0.4, 0.5) is 0 Å². The SMILES string of the molecule is COC[C@@H]1COc2ncccc2-c2nnc(CS(=O)(=O)[C@@H](C)[C@@H](OC(C)C)c3ncc(C)cn3)n21. The minimum atomic E-state index is -3.77. The summed E-state index contributed by atoms with van der Waals surface area (Å²) in [5.41, 5.74) is 1.52. The Morgan fingerprint density at radius 3 is 2.60 bits per heavy atom. The molecule has 0 bridgehead atoms. The number of hydrogen-bond donors (Lipinski definition) is 0. The van der Waals surface area contributed by atoms with Gasteiger partial charge >= 0.3 is 0 Å². The lowest BCUT2D eigenvalue weighted by Crippen LogP contribution is -2.32. The van der Waals surface area contributed by atoms with Gasteiger partial charge in [-0.15, -0.1) is 10.2 Å². The zero-order valence-corrected chi connectivity index (χ0v) is 21.3. The largest absolute Gasteiger partial charge is 0.475 e. The molecule has 3 aromatic heterocycles. The summed E-state index contributed by atoms with van der Waals surface area (Å²) in [6, 6.07) is 3.26. The first-order chi connectivity index (χ1) is 16.7. The topological polar surface area (TPSA) is 131 Å². The van der Waals surface area contributed by atoms with Gasteiger partial charge in [0, 0.05) is 25.7 Å². The lowest BCUT2D eigenvalue weighted by Gasteiger charge is -2.25. The molecule has 1 aliphatic heterocycles. The highest BCUT2D eigenvalue weighted by molar-refractivity contribution is 7.91. The summed E-state index contributed by atoms with van der Waals surface area (Å²) in [5.74, 6) is 1.18. The van der Waals surface area contributed by atoms with Gasteiger partial charge in [0.25, 0.3) is 0 Å². The minimum absolute atomic E-state index is 0.223. The molecule has 12 heteroatoms. The third kappa shape index (κ3) is 5.34. The Bertz CT molecular complexity index is 1260. The van der Waals surface area contributed by atoms with Crippen LogP contribution in [-0.2, 0) is 25.1 Å². The zero-order valence-electron chi connectivity index (χ0n) is 20.5. The van der Waals surface area contributed by atoms with Gasteiger partial charge in [0.15, 0.2) is 21.5 Å². The molecular formula is C23H30N6O5S. The van der Waals surface area contributed by atoms with Crippen LogP contribution in [0.25, 0.3) is 11.4 Å². The molecule has 0 spiro atoms. The Morgan fingerprint density at radius 2 is 1.91 bits per heavy atom. The Balaban J connectivity index is 1.70. The first kappa shape index (κ1) is 25.1. The summed E-state index contributed by atoms with van der Waals surface area (Å²) < 4.78 is 46.3. The number of aryl methyl sites for hydroxylation is 1. The molecule has 3 atom stereocenters. The average molecular weight is 503 g/mol. The van der Waals surface area contributed by atoms with Crippen molar-refractivity contribution in [2.45, 2.75) is 56.9 Å². The number of nitrogens with zero attached hydrogens (tertiary/aromatic N) is 6. The first-order valence-corrected chi connectivity index (χ1v) is 13.1. The van der Waals surface area contributed by atoms with Crippen LogP contribution in [0.5, 0.6) is 5.88 Å². The van der Waals surface area contributed by atoms with E-state index in [1.807, 2.05) is 26.8 Å². The van der Waals surface area contributed by atoms with E-state index in [2.05, 4.69) is 25.1 Å². The second kappa shape index (κ2) is 10.3. The second-order valence-electron chi connectivity index (χ2n) is 8.82. The Hall–Kier alpha value is -2.96. The number of ether oxygens (including phenoxy) is 3. The highest BCUT2D eigenvalue weighted by Crippen LogP contribution is 2.34. The maximum Gasteiger partial charge on any atom is 0.224 e. The summed E-state index contributed by atoms with van der Waals surface area (Å²) in [4.78, 5) is 12.9. The third-order valence-electron chi connectivity index (χ3n) is 5.71. The molecule has 35 heavy (non-hydrogen) atoms. The van der Waals surface area contributed by atoms with Gasteiger partial charge in [-0.05, 0) is 45.4 Å². The Labute approximate surface area is 204 Å². The van der Waals surface area contributed by atoms with E-state index in [0.29, 0.717) is 28.9 Å².